The van der Waals surface area contributed by atoms with Gasteiger partial charge in [-0.3, -0.25) is 0 Å². The van der Waals surface area contributed by atoms with Crippen LogP contribution in [0.2, 0.25) is 0 Å². The van der Waals surface area contributed by atoms with Crippen molar-refractivity contribution in [2.45, 2.75) is 51.9 Å². The molecule has 1 saturated heterocycles. The van der Waals surface area contributed by atoms with Gasteiger partial charge in [0.1, 0.15) is 0 Å². The van der Waals surface area contributed by atoms with Crippen LogP contribution in [0, 0.1) is 17.8 Å². The summed E-state index contributed by atoms with van der Waals surface area (Å²) in [5.74, 6) is 2.85. The molecule has 2 fully saturated rings. The van der Waals surface area contributed by atoms with Crippen LogP contribution in [-0.2, 0) is 4.74 Å². The maximum atomic E-state index is 5.52. The van der Waals surface area contributed by atoms with E-state index >= 15 is 0 Å². The van der Waals surface area contributed by atoms with Crippen LogP contribution >= 0.6 is 0 Å². The molecule has 1 heterocycles. The van der Waals surface area contributed by atoms with E-state index in [-0.39, 0.29) is 0 Å². The van der Waals surface area contributed by atoms with Crippen molar-refractivity contribution >= 4 is 0 Å². The van der Waals surface area contributed by atoms with E-state index in [0.717, 1.165) is 37.5 Å². The minimum Gasteiger partial charge on any atom is -0.381 e. The fraction of sp³-hybridized carbons (Fsp3) is 1.00. The second-order valence-corrected chi connectivity index (χ2v) is 5.82. The molecular weight excluding hydrogens is 210 g/mol. The van der Waals surface area contributed by atoms with Gasteiger partial charge in [-0.25, -0.2) is 0 Å². The first-order valence-electron chi connectivity index (χ1n) is 7.70. The first kappa shape index (κ1) is 13.4. The Bertz CT molecular complexity index is 201. The van der Waals surface area contributed by atoms with E-state index in [2.05, 4.69) is 12.2 Å². The van der Waals surface area contributed by atoms with Gasteiger partial charge in [-0.2, -0.15) is 0 Å². The molecule has 2 unspecified atom stereocenters. The predicted molar refractivity (Wildman–Crippen MR) is 72.2 cm³/mol. The van der Waals surface area contributed by atoms with E-state index < -0.39 is 0 Å². The molecule has 0 aromatic carbocycles. The van der Waals surface area contributed by atoms with Crippen molar-refractivity contribution in [1.82, 2.24) is 5.32 Å². The molecular formula is C15H29NO. The standard InChI is InChI=1S/C15H29NO/c1-2-16-12-14-6-4-3-5-7-15(14)13-8-10-17-11-9-13/h13-16H,2-12H2,1H3. The molecule has 0 aromatic rings. The Morgan fingerprint density at radius 2 is 1.76 bits per heavy atom. The summed E-state index contributed by atoms with van der Waals surface area (Å²) >= 11 is 0. The van der Waals surface area contributed by atoms with Crippen molar-refractivity contribution in [2.75, 3.05) is 26.3 Å². The van der Waals surface area contributed by atoms with Crippen molar-refractivity contribution in [3.8, 4) is 0 Å². The van der Waals surface area contributed by atoms with Crippen LogP contribution in [0.4, 0.5) is 0 Å². The third kappa shape index (κ3) is 3.96. The zero-order valence-electron chi connectivity index (χ0n) is 11.4. The summed E-state index contributed by atoms with van der Waals surface area (Å²) < 4.78 is 5.52. The molecule has 2 heteroatoms. The Morgan fingerprint density at radius 3 is 2.53 bits per heavy atom. The molecule has 1 aliphatic heterocycles. The number of nitrogens with one attached hydrogen (secondary N) is 1. The van der Waals surface area contributed by atoms with Crippen LogP contribution in [0.25, 0.3) is 0 Å². The molecule has 1 N–H and O–H groups in total. The minimum atomic E-state index is 0.931. The van der Waals surface area contributed by atoms with Crippen LogP contribution in [0.3, 0.4) is 0 Å². The Morgan fingerprint density at radius 1 is 1.00 bits per heavy atom. The Balaban J connectivity index is 1.92. The highest BCUT2D eigenvalue weighted by Crippen LogP contribution is 2.37. The quantitative estimate of drug-likeness (QED) is 0.761. The van der Waals surface area contributed by atoms with Gasteiger partial charge in [-0.15, -0.1) is 0 Å². The van der Waals surface area contributed by atoms with Gasteiger partial charge in [-0.05, 0) is 56.5 Å². The highest BCUT2D eigenvalue weighted by atomic mass is 16.5. The summed E-state index contributed by atoms with van der Waals surface area (Å²) in [5, 5.41) is 3.58. The van der Waals surface area contributed by atoms with Crippen molar-refractivity contribution in [1.29, 1.82) is 0 Å². The molecule has 17 heavy (non-hydrogen) atoms. The van der Waals surface area contributed by atoms with E-state index in [0.29, 0.717) is 0 Å². The predicted octanol–water partition coefficient (Wildman–Crippen LogP) is 3.22. The zero-order chi connectivity index (χ0) is 11.9. The summed E-state index contributed by atoms with van der Waals surface area (Å²) in [5.41, 5.74) is 0. The molecule has 0 bridgehead atoms. The van der Waals surface area contributed by atoms with Crippen molar-refractivity contribution < 1.29 is 4.74 Å². The number of hydrogen-bond donors (Lipinski definition) is 1. The van der Waals surface area contributed by atoms with E-state index in [9.17, 15) is 0 Å². The van der Waals surface area contributed by atoms with E-state index in [1.165, 1.54) is 51.5 Å². The lowest BCUT2D eigenvalue weighted by atomic mass is 9.75. The van der Waals surface area contributed by atoms with Crippen molar-refractivity contribution in [3.05, 3.63) is 0 Å². The third-order valence-electron chi connectivity index (χ3n) is 4.75. The molecule has 100 valence electrons. The average molecular weight is 239 g/mol. The molecule has 1 saturated carbocycles. The summed E-state index contributed by atoms with van der Waals surface area (Å²) in [6.45, 7) is 6.61. The maximum absolute atomic E-state index is 5.52. The Kier molecular flexibility index (Phi) is 5.79. The SMILES string of the molecule is CCNCC1CCCCCC1C1CCOCC1. The Hall–Kier alpha value is -0.0800. The highest BCUT2D eigenvalue weighted by molar-refractivity contribution is 4.82. The average Bonchev–Trinajstić information content (AvgIpc) is 2.62. The molecule has 2 atom stereocenters. The van der Waals surface area contributed by atoms with Crippen LogP contribution in [-0.4, -0.2) is 26.3 Å². The summed E-state index contributed by atoms with van der Waals surface area (Å²) in [6.07, 6.45) is 9.93. The lowest BCUT2D eigenvalue weighted by molar-refractivity contribution is 0.0318. The molecule has 0 aromatic heterocycles. The van der Waals surface area contributed by atoms with Gasteiger partial charge in [0, 0.05) is 13.2 Å². The lowest BCUT2D eigenvalue weighted by Gasteiger charge is -2.35. The van der Waals surface area contributed by atoms with Gasteiger partial charge >= 0.3 is 0 Å². The molecule has 2 aliphatic rings. The molecule has 1 aliphatic carbocycles. The topological polar surface area (TPSA) is 21.3 Å². The fourth-order valence-corrected chi connectivity index (χ4v) is 3.76. The summed E-state index contributed by atoms with van der Waals surface area (Å²) in [7, 11) is 0. The summed E-state index contributed by atoms with van der Waals surface area (Å²) in [4.78, 5) is 0. The third-order valence-corrected chi connectivity index (χ3v) is 4.75. The van der Waals surface area contributed by atoms with Gasteiger partial charge in [0.15, 0.2) is 0 Å². The molecule has 2 nitrogen and oxygen atoms in total. The van der Waals surface area contributed by atoms with Crippen LogP contribution in [0.1, 0.15) is 51.9 Å². The first-order chi connectivity index (χ1) is 8.42. The molecule has 2 rings (SSSR count). The van der Waals surface area contributed by atoms with Crippen LogP contribution < -0.4 is 5.32 Å². The fourth-order valence-electron chi connectivity index (χ4n) is 3.76. The number of ether oxygens (including phenoxy) is 1. The van der Waals surface area contributed by atoms with Crippen molar-refractivity contribution in [2.24, 2.45) is 17.8 Å². The molecule has 0 amide bonds. The second kappa shape index (κ2) is 7.38. The van der Waals surface area contributed by atoms with E-state index in [1.807, 2.05) is 0 Å². The molecule has 0 radical (unpaired) electrons. The van der Waals surface area contributed by atoms with Gasteiger partial charge < -0.3 is 10.1 Å². The smallest absolute Gasteiger partial charge is 0.0468 e. The minimum absolute atomic E-state index is 0.931. The highest BCUT2D eigenvalue weighted by Gasteiger charge is 2.31. The second-order valence-electron chi connectivity index (χ2n) is 5.82. The largest absolute Gasteiger partial charge is 0.381 e. The van der Waals surface area contributed by atoms with Gasteiger partial charge in [0.05, 0.1) is 0 Å². The van der Waals surface area contributed by atoms with Gasteiger partial charge in [0.25, 0.3) is 0 Å². The first-order valence-corrected chi connectivity index (χ1v) is 7.70. The monoisotopic (exact) mass is 239 g/mol. The van der Waals surface area contributed by atoms with Crippen molar-refractivity contribution in [3.63, 3.8) is 0 Å². The molecule has 0 spiro atoms. The number of rotatable bonds is 4. The normalized spacial score (nSPS) is 32.3. The van der Waals surface area contributed by atoms with E-state index in [1.54, 1.807) is 0 Å². The van der Waals surface area contributed by atoms with Gasteiger partial charge in [0.2, 0.25) is 0 Å². The summed E-state index contributed by atoms with van der Waals surface area (Å²) in [6, 6.07) is 0. The van der Waals surface area contributed by atoms with Crippen LogP contribution in [0.5, 0.6) is 0 Å². The lowest BCUT2D eigenvalue weighted by Crippen LogP contribution is -2.34. The number of hydrogen-bond acceptors (Lipinski definition) is 2. The van der Waals surface area contributed by atoms with E-state index in [4.69, 9.17) is 4.74 Å². The van der Waals surface area contributed by atoms with Crippen LogP contribution in [0.15, 0.2) is 0 Å². The van der Waals surface area contributed by atoms with Gasteiger partial charge in [-0.1, -0.05) is 26.2 Å². The maximum Gasteiger partial charge on any atom is 0.0468 e. The Labute approximate surface area is 107 Å². The zero-order valence-corrected chi connectivity index (χ0v) is 11.4.